The summed E-state index contributed by atoms with van der Waals surface area (Å²) >= 11 is 24.0. The van der Waals surface area contributed by atoms with Gasteiger partial charge < -0.3 is 4.74 Å². The van der Waals surface area contributed by atoms with Gasteiger partial charge in [-0.25, -0.2) is 0 Å². The minimum atomic E-state index is -0.688. The van der Waals surface area contributed by atoms with Gasteiger partial charge in [0.2, 0.25) is 0 Å². The van der Waals surface area contributed by atoms with Crippen LogP contribution >= 0.6 is 46.4 Å². The molecule has 0 atom stereocenters. The molecule has 1 heterocycles. The molecule has 0 saturated heterocycles. The Hall–Kier alpha value is -2.05. The minimum Gasteiger partial charge on any atom is -0.461 e. The van der Waals surface area contributed by atoms with Gasteiger partial charge >= 0.3 is 5.97 Å². The van der Waals surface area contributed by atoms with E-state index in [0.29, 0.717) is 0 Å². The number of imide groups is 1. The van der Waals surface area contributed by atoms with E-state index in [-0.39, 0.29) is 50.8 Å². The molecule has 0 spiro atoms. The fraction of sp³-hybridized carbons (Fsp3) is 0.150. The Morgan fingerprint density at radius 3 is 2.00 bits per heavy atom. The van der Waals surface area contributed by atoms with Crippen molar-refractivity contribution in [3.05, 3.63) is 73.2 Å². The highest BCUT2D eigenvalue weighted by Gasteiger charge is 2.41. The first-order valence-electron chi connectivity index (χ1n) is 8.42. The number of hydrogen-bond donors (Lipinski definition) is 0. The van der Waals surface area contributed by atoms with Crippen molar-refractivity contribution in [3.8, 4) is 0 Å². The van der Waals surface area contributed by atoms with Crippen molar-refractivity contribution in [2.45, 2.75) is 6.42 Å². The zero-order chi connectivity index (χ0) is 21.1. The van der Waals surface area contributed by atoms with Gasteiger partial charge in [0.05, 0.1) is 37.6 Å². The van der Waals surface area contributed by atoms with Crippen LogP contribution in [0, 0.1) is 0 Å². The quantitative estimate of drug-likeness (QED) is 0.239. The molecule has 0 aliphatic carbocycles. The molecule has 0 bridgehead atoms. The maximum atomic E-state index is 12.6. The predicted molar refractivity (Wildman–Crippen MR) is 113 cm³/mol. The number of rotatable bonds is 6. The lowest BCUT2D eigenvalue weighted by Crippen LogP contribution is -2.32. The standard InChI is InChI=1S/C20H13Cl4NO4/c21-15-13-14(16(22)18(24)17(15)23)20(28)25(19(13)27)9-8-12(26)29-10-4-7-11-5-2-1-3-6-11/h1-7H,8-10H2/b7-4+. The van der Waals surface area contributed by atoms with Crippen LogP contribution in [0.25, 0.3) is 6.08 Å². The summed E-state index contributed by atoms with van der Waals surface area (Å²) in [6.45, 7) is -0.117. The Kier molecular flexibility index (Phi) is 6.85. The van der Waals surface area contributed by atoms with E-state index in [4.69, 9.17) is 51.1 Å². The molecule has 2 amide bonds. The van der Waals surface area contributed by atoms with Crippen molar-refractivity contribution >= 4 is 70.3 Å². The Bertz CT molecular complexity index is 974. The third-order valence-corrected chi connectivity index (χ3v) is 5.98. The van der Waals surface area contributed by atoms with E-state index in [1.54, 1.807) is 6.08 Å². The molecule has 2 aromatic rings. The zero-order valence-electron chi connectivity index (χ0n) is 14.8. The zero-order valence-corrected chi connectivity index (χ0v) is 17.8. The van der Waals surface area contributed by atoms with Crippen LogP contribution in [-0.2, 0) is 9.53 Å². The molecular formula is C20H13Cl4NO4. The number of carbonyl (C=O) groups excluding carboxylic acids is 3. The highest BCUT2D eigenvalue weighted by molar-refractivity contribution is 6.55. The van der Waals surface area contributed by atoms with Crippen molar-refractivity contribution < 1.29 is 19.1 Å². The maximum Gasteiger partial charge on any atom is 0.307 e. The van der Waals surface area contributed by atoms with Crippen molar-refractivity contribution in [1.82, 2.24) is 4.90 Å². The van der Waals surface area contributed by atoms with Gasteiger partial charge in [-0.3, -0.25) is 19.3 Å². The second-order valence-electron chi connectivity index (χ2n) is 6.01. The molecule has 0 fully saturated rings. The second-order valence-corrected chi connectivity index (χ2v) is 7.53. The summed E-state index contributed by atoms with van der Waals surface area (Å²) in [5, 5.41) is -0.509. The summed E-state index contributed by atoms with van der Waals surface area (Å²) in [6.07, 6.45) is 3.33. The van der Waals surface area contributed by atoms with Crippen LogP contribution in [0.3, 0.4) is 0 Å². The maximum absolute atomic E-state index is 12.6. The SMILES string of the molecule is O=C(CCN1C(=O)c2c(Cl)c(Cl)c(Cl)c(Cl)c2C1=O)OC/C=C/c1ccccc1. The predicted octanol–water partition coefficient (Wildman–Crippen LogP) is 5.54. The van der Waals surface area contributed by atoms with Crippen molar-refractivity contribution in [3.63, 3.8) is 0 Å². The summed E-state index contributed by atoms with van der Waals surface area (Å²) in [7, 11) is 0. The fourth-order valence-corrected chi connectivity index (χ4v) is 3.78. The molecule has 0 radical (unpaired) electrons. The molecule has 1 aliphatic rings. The third-order valence-electron chi connectivity index (χ3n) is 4.18. The fourth-order valence-electron chi connectivity index (χ4n) is 2.76. The number of hydrogen-bond acceptors (Lipinski definition) is 4. The Morgan fingerprint density at radius 2 is 1.45 bits per heavy atom. The number of ether oxygens (including phenoxy) is 1. The molecule has 9 heteroatoms. The lowest BCUT2D eigenvalue weighted by atomic mass is 10.1. The van der Waals surface area contributed by atoms with E-state index < -0.39 is 17.8 Å². The minimum absolute atomic E-state index is 0.0682. The lowest BCUT2D eigenvalue weighted by Gasteiger charge is -2.13. The van der Waals surface area contributed by atoms with E-state index in [2.05, 4.69) is 0 Å². The van der Waals surface area contributed by atoms with Gasteiger partial charge in [0.1, 0.15) is 6.61 Å². The van der Waals surface area contributed by atoms with Crippen LogP contribution in [0.4, 0.5) is 0 Å². The summed E-state index contributed by atoms with van der Waals surface area (Å²) < 4.78 is 5.09. The van der Waals surface area contributed by atoms with Gasteiger partial charge in [-0.2, -0.15) is 0 Å². The molecule has 0 N–H and O–H groups in total. The molecule has 150 valence electrons. The molecular weight excluding hydrogens is 460 g/mol. The first-order chi connectivity index (χ1) is 13.8. The van der Waals surface area contributed by atoms with Crippen LogP contribution in [0.5, 0.6) is 0 Å². The second kappa shape index (κ2) is 9.18. The number of esters is 1. The number of amides is 2. The van der Waals surface area contributed by atoms with Crippen molar-refractivity contribution in [1.29, 1.82) is 0 Å². The Labute approximate surface area is 186 Å². The van der Waals surface area contributed by atoms with E-state index in [1.165, 1.54) is 0 Å². The summed E-state index contributed by atoms with van der Waals surface area (Å²) in [6, 6.07) is 9.52. The van der Waals surface area contributed by atoms with Gasteiger partial charge in [-0.15, -0.1) is 0 Å². The van der Waals surface area contributed by atoms with Gasteiger partial charge in [0.15, 0.2) is 0 Å². The first kappa shape index (κ1) is 21.7. The van der Waals surface area contributed by atoms with Gasteiger partial charge in [0, 0.05) is 6.54 Å². The third kappa shape index (κ3) is 4.43. The van der Waals surface area contributed by atoms with E-state index in [9.17, 15) is 14.4 Å². The molecule has 0 saturated carbocycles. The average molecular weight is 473 g/mol. The molecule has 1 aliphatic heterocycles. The van der Waals surface area contributed by atoms with Gasteiger partial charge in [0.25, 0.3) is 11.8 Å². The highest BCUT2D eigenvalue weighted by atomic mass is 35.5. The van der Waals surface area contributed by atoms with Crippen LogP contribution in [-0.4, -0.2) is 35.8 Å². The van der Waals surface area contributed by atoms with E-state index in [1.807, 2.05) is 36.4 Å². The molecule has 5 nitrogen and oxygen atoms in total. The molecule has 2 aromatic carbocycles. The lowest BCUT2D eigenvalue weighted by molar-refractivity contribution is -0.142. The molecule has 0 unspecified atom stereocenters. The van der Waals surface area contributed by atoms with Crippen LogP contribution in [0.2, 0.25) is 20.1 Å². The normalized spacial score (nSPS) is 13.3. The smallest absolute Gasteiger partial charge is 0.307 e. The van der Waals surface area contributed by atoms with Gasteiger partial charge in [-0.1, -0.05) is 82.8 Å². The Balaban J connectivity index is 1.60. The monoisotopic (exact) mass is 471 g/mol. The molecule has 29 heavy (non-hydrogen) atoms. The van der Waals surface area contributed by atoms with Crippen LogP contribution < -0.4 is 0 Å². The number of nitrogens with zero attached hydrogens (tertiary/aromatic N) is 1. The van der Waals surface area contributed by atoms with Crippen LogP contribution in [0.1, 0.15) is 32.7 Å². The summed E-state index contributed by atoms with van der Waals surface area (Å²) in [4.78, 5) is 38.0. The van der Waals surface area contributed by atoms with Crippen molar-refractivity contribution in [2.24, 2.45) is 0 Å². The topological polar surface area (TPSA) is 63.7 Å². The summed E-state index contributed by atoms with van der Waals surface area (Å²) in [5.74, 6) is -1.94. The Morgan fingerprint density at radius 1 is 0.897 bits per heavy atom. The summed E-state index contributed by atoms with van der Waals surface area (Å²) in [5.41, 5.74) is 0.742. The number of benzene rings is 2. The average Bonchev–Trinajstić information content (AvgIpc) is 2.97. The molecule has 3 rings (SSSR count). The van der Waals surface area contributed by atoms with Gasteiger partial charge in [-0.05, 0) is 11.6 Å². The number of halogens is 4. The van der Waals surface area contributed by atoms with Crippen LogP contribution in [0.15, 0.2) is 36.4 Å². The highest BCUT2D eigenvalue weighted by Crippen LogP contribution is 2.44. The van der Waals surface area contributed by atoms with E-state index >= 15 is 0 Å². The molecule has 0 aromatic heterocycles. The number of fused-ring (bicyclic) bond motifs is 1. The largest absolute Gasteiger partial charge is 0.461 e. The van der Waals surface area contributed by atoms with E-state index in [0.717, 1.165) is 10.5 Å². The van der Waals surface area contributed by atoms with Crippen molar-refractivity contribution in [2.75, 3.05) is 13.2 Å². The number of carbonyl (C=O) groups is 3. The first-order valence-corrected chi connectivity index (χ1v) is 9.93.